The number of ether oxygens (including phenoxy) is 1. The molecule has 1 aliphatic heterocycles. The number of nitrogens with one attached hydrogen (secondary N) is 1. The average molecular weight is 205 g/mol. The summed E-state index contributed by atoms with van der Waals surface area (Å²) in [5.41, 5.74) is 2.42. The molecule has 14 heavy (non-hydrogen) atoms. The first kappa shape index (κ1) is 8.38. The van der Waals surface area contributed by atoms with Crippen LogP contribution in [0.1, 0.15) is 5.56 Å². The van der Waals surface area contributed by atoms with Crippen LogP contribution < -0.4 is 0 Å². The molecule has 0 spiro atoms. The number of para-hydroxylation sites is 1. The molecule has 0 amide bonds. The van der Waals surface area contributed by atoms with E-state index in [2.05, 4.69) is 35.8 Å². The van der Waals surface area contributed by atoms with E-state index in [0.717, 1.165) is 0 Å². The highest BCUT2D eigenvalue weighted by Gasteiger charge is 2.38. The van der Waals surface area contributed by atoms with Crippen LogP contribution in [-0.4, -0.2) is 18.2 Å². The summed E-state index contributed by atoms with van der Waals surface area (Å²) in [6.45, 7) is 1.41. The van der Waals surface area contributed by atoms with Gasteiger partial charge in [0.1, 0.15) is 0 Å². The van der Waals surface area contributed by atoms with Gasteiger partial charge in [0, 0.05) is 17.1 Å². The van der Waals surface area contributed by atoms with Gasteiger partial charge in [-0.2, -0.15) is 12.6 Å². The summed E-state index contributed by atoms with van der Waals surface area (Å²) in [6.07, 6.45) is 2.04. The Labute approximate surface area is 87.7 Å². The second-order valence-electron chi connectivity index (χ2n) is 3.77. The predicted molar refractivity (Wildman–Crippen MR) is 59.8 cm³/mol. The Balaban J connectivity index is 2.22. The van der Waals surface area contributed by atoms with Crippen LogP contribution in [0.25, 0.3) is 10.9 Å². The van der Waals surface area contributed by atoms with Crippen LogP contribution in [0.3, 0.4) is 0 Å². The second kappa shape index (κ2) is 2.78. The maximum absolute atomic E-state index is 5.22. The number of aromatic nitrogens is 1. The summed E-state index contributed by atoms with van der Waals surface area (Å²) in [7, 11) is 0. The number of benzene rings is 1. The molecule has 0 bridgehead atoms. The largest absolute Gasteiger partial charge is 0.378 e. The van der Waals surface area contributed by atoms with E-state index in [9.17, 15) is 0 Å². The fourth-order valence-electron chi connectivity index (χ4n) is 1.91. The molecule has 3 heteroatoms. The molecular weight excluding hydrogens is 194 g/mol. The Bertz CT molecular complexity index is 473. The highest BCUT2D eigenvalue weighted by molar-refractivity contribution is 7.81. The lowest BCUT2D eigenvalue weighted by atomic mass is 9.96. The van der Waals surface area contributed by atoms with Crippen LogP contribution in [0.4, 0.5) is 0 Å². The highest BCUT2D eigenvalue weighted by atomic mass is 32.1. The van der Waals surface area contributed by atoms with Gasteiger partial charge in [0.2, 0.25) is 0 Å². The van der Waals surface area contributed by atoms with Crippen molar-refractivity contribution in [2.75, 3.05) is 13.2 Å². The Morgan fingerprint density at radius 2 is 2.07 bits per heavy atom. The number of rotatable bonds is 1. The molecule has 1 aromatic heterocycles. The molecule has 1 aliphatic rings. The molecule has 2 aromatic rings. The summed E-state index contributed by atoms with van der Waals surface area (Å²) < 4.78 is 5.14. The van der Waals surface area contributed by atoms with E-state index >= 15 is 0 Å². The van der Waals surface area contributed by atoms with E-state index in [1.165, 1.54) is 16.5 Å². The minimum atomic E-state index is -0.0837. The van der Waals surface area contributed by atoms with Gasteiger partial charge in [-0.1, -0.05) is 18.2 Å². The van der Waals surface area contributed by atoms with Crippen LogP contribution in [-0.2, 0) is 9.48 Å². The number of aromatic amines is 1. The van der Waals surface area contributed by atoms with Gasteiger partial charge >= 0.3 is 0 Å². The molecule has 2 heterocycles. The summed E-state index contributed by atoms with van der Waals surface area (Å²) in [4.78, 5) is 3.26. The lowest BCUT2D eigenvalue weighted by Gasteiger charge is -2.36. The van der Waals surface area contributed by atoms with Gasteiger partial charge in [0.05, 0.1) is 18.0 Å². The zero-order chi connectivity index (χ0) is 9.60. The summed E-state index contributed by atoms with van der Waals surface area (Å²) in [5.74, 6) is 0. The molecule has 0 unspecified atom stereocenters. The van der Waals surface area contributed by atoms with Gasteiger partial charge < -0.3 is 9.72 Å². The zero-order valence-electron chi connectivity index (χ0n) is 7.66. The van der Waals surface area contributed by atoms with Crippen molar-refractivity contribution in [1.82, 2.24) is 4.98 Å². The zero-order valence-corrected chi connectivity index (χ0v) is 8.55. The van der Waals surface area contributed by atoms with Crippen molar-refractivity contribution in [3.05, 3.63) is 36.0 Å². The normalized spacial score (nSPS) is 19.5. The van der Waals surface area contributed by atoms with E-state index in [1.54, 1.807) is 0 Å². The molecule has 0 radical (unpaired) electrons. The number of fused-ring (bicyclic) bond motifs is 1. The van der Waals surface area contributed by atoms with E-state index in [0.29, 0.717) is 13.2 Å². The van der Waals surface area contributed by atoms with Gasteiger partial charge in [0.25, 0.3) is 0 Å². The third kappa shape index (κ3) is 1.03. The van der Waals surface area contributed by atoms with Crippen LogP contribution in [0.5, 0.6) is 0 Å². The van der Waals surface area contributed by atoms with Crippen molar-refractivity contribution in [3.63, 3.8) is 0 Å². The molecule has 0 atom stereocenters. The highest BCUT2D eigenvalue weighted by Crippen LogP contribution is 2.39. The monoisotopic (exact) mass is 205 g/mol. The Kier molecular flexibility index (Phi) is 1.66. The molecule has 1 aromatic carbocycles. The third-order valence-electron chi connectivity index (χ3n) is 2.77. The van der Waals surface area contributed by atoms with E-state index in [-0.39, 0.29) is 4.75 Å². The minimum Gasteiger partial charge on any atom is -0.378 e. The maximum Gasteiger partial charge on any atom is 0.0865 e. The van der Waals surface area contributed by atoms with Crippen molar-refractivity contribution in [2.24, 2.45) is 0 Å². The first-order valence-corrected chi connectivity index (χ1v) is 5.11. The smallest absolute Gasteiger partial charge is 0.0865 e. The molecule has 72 valence electrons. The summed E-state index contributed by atoms with van der Waals surface area (Å²) in [5, 5.41) is 1.26. The SMILES string of the molecule is SC1(c2c[nH]c3ccccc23)COC1. The van der Waals surface area contributed by atoms with Crippen LogP contribution in [0, 0.1) is 0 Å². The van der Waals surface area contributed by atoms with Crippen molar-refractivity contribution in [2.45, 2.75) is 4.75 Å². The van der Waals surface area contributed by atoms with Gasteiger partial charge in [-0.15, -0.1) is 0 Å². The molecule has 1 saturated heterocycles. The van der Waals surface area contributed by atoms with Crippen LogP contribution in [0.2, 0.25) is 0 Å². The molecule has 1 fully saturated rings. The standard InChI is InChI=1S/C11H11NOS/c14-11(6-13-7-11)9-5-12-10-4-2-1-3-8(9)10/h1-5,12,14H,6-7H2. The number of H-pyrrole nitrogens is 1. The summed E-state index contributed by atoms with van der Waals surface area (Å²) >= 11 is 4.66. The fraction of sp³-hybridized carbons (Fsp3) is 0.273. The van der Waals surface area contributed by atoms with E-state index in [1.807, 2.05) is 12.3 Å². The van der Waals surface area contributed by atoms with E-state index in [4.69, 9.17) is 4.74 Å². The second-order valence-corrected chi connectivity index (χ2v) is 4.63. The number of hydrogen-bond acceptors (Lipinski definition) is 2. The van der Waals surface area contributed by atoms with Gasteiger partial charge in [-0.05, 0) is 11.6 Å². The molecule has 2 nitrogen and oxygen atoms in total. The maximum atomic E-state index is 5.22. The molecule has 1 N–H and O–H groups in total. The Morgan fingerprint density at radius 1 is 1.29 bits per heavy atom. The third-order valence-corrected chi connectivity index (χ3v) is 3.27. The van der Waals surface area contributed by atoms with E-state index < -0.39 is 0 Å². The van der Waals surface area contributed by atoms with Gasteiger partial charge in [0.15, 0.2) is 0 Å². The predicted octanol–water partition coefficient (Wildman–Crippen LogP) is 2.32. The molecule has 0 saturated carbocycles. The summed E-state index contributed by atoms with van der Waals surface area (Å²) in [6, 6.07) is 8.29. The van der Waals surface area contributed by atoms with Gasteiger partial charge in [-0.3, -0.25) is 0 Å². The quantitative estimate of drug-likeness (QED) is 0.686. The first-order valence-electron chi connectivity index (χ1n) is 4.66. The molecule has 0 aliphatic carbocycles. The average Bonchev–Trinajstić information content (AvgIpc) is 2.58. The fourth-order valence-corrected chi connectivity index (χ4v) is 2.28. The van der Waals surface area contributed by atoms with Crippen LogP contribution >= 0.6 is 12.6 Å². The molecule has 3 rings (SSSR count). The Morgan fingerprint density at radius 3 is 2.79 bits per heavy atom. The topological polar surface area (TPSA) is 25.0 Å². The Hall–Kier alpha value is -0.930. The van der Waals surface area contributed by atoms with Crippen molar-refractivity contribution in [1.29, 1.82) is 0 Å². The van der Waals surface area contributed by atoms with Crippen molar-refractivity contribution >= 4 is 23.5 Å². The number of hydrogen-bond donors (Lipinski definition) is 2. The minimum absolute atomic E-state index is 0.0837. The van der Waals surface area contributed by atoms with Crippen molar-refractivity contribution < 1.29 is 4.74 Å². The molecular formula is C11H11NOS. The lowest BCUT2D eigenvalue weighted by Crippen LogP contribution is -2.41. The van der Waals surface area contributed by atoms with Crippen molar-refractivity contribution in [3.8, 4) is 0 Å². The van der Waals surface area contributed by atoms with Gasteiger partial charge in [-0.25, -0.2) is 0 Å². The first-order chi connectivity index (χ1) is 6.80. The lowest BCUT2D eigenvalue weighted by molar-refractivity contribution is -0.00905. The number of thiol groups is 1. The van der Waals surface area contributed by atoms with Crippen LogP contribution in [0.15, 0.2) is 30.5 Å².